The Bertz CT molecular complexity index is 683. The minimum absolute atomic E-state index is 1.08. The van der Waals surface area contributed by atoms with Gasteiger partial charge in [-0.3, -0.25) is 0 Å². The molecule has 0 fully saturated rings. The Morgan fingerprint density at radius 3 is 1.89 bits per heavy atom. The van der Waals surface area contributed by atoms with Gasteiger partial charge in [-0.25, -0.2) is 0 Å². The monoisotopic (exact) mass is 358 g/mol. The lowest BCUT2D eigenvalue weighted by Crippen LogP contribution is -1.92. The van der Waals surface area contributed by atoms with Crippen molar-refractivity contribution in [3.63, 3.8) is 0 Å². The highest BCUT2D eigenvalue weighted by Crippen LogP contribution is 2.16. The van der Waals surface area contributed by atoms with Crippen LogP contribution >= 0.6 is 0 Å². The fourth-order valence-corrected chi connectivity index (χ4v) is 3.22. The van der Waals surface area contributed by atoms with Crippen molar-refractivity contribution in [2.24, 2.45) is 0 Å². The number of aryl methyl sites for hydroxylation is 2. The normalized spacial score (nSPS) is 10.7. The van der Waals surface area contributed by atoms with Gasteiger partial charge in [-0.1, -0.05) is 92.6 Å². The second-order valence-electron chi connectivity index (χ2n) is 7.28. The molecule has 0 N–H and O–H groups in total. The molecule has 0 amide bonds. The molecule has 0 bridgehead atoms. The maximum absolute atomic E-state index is 3.69. The van der Waals surface area contributed by atoms with Gasteiger partial charge in [0.1, 0.15) is 0 Å². The van der Waals surface area contributed by atoms with Gasteiger partial charge in [-0.2, -0.15) is 0 Å². The van der Waals surface area contributed by atoms with Gasteiger partial charge in [-0.15, -0.1) is 5.73 Å². The smallest absolute Gasteiger partial charge is 0.00950 e. The fourth-order valence-electron chi connectivity index (χ4n) is 3.22. The zero-order valence-corrected chi connectivity index (χ0v) is 17.1. The highest BCUT2D eigenvalue weighted by molar-refractivity contribution is 5.23. The van der Waals surface area contributed by atoms with Gasteiger partial charge in [0, 0.05) is 0 Å². The second-order valence-corrected chi connectivity index (χ2v) is 7.28. The van der Waals surface area contributed by atoms with E-state index in [9.17, 15) is 0 Å². The zero-order chi connectivity index (χ0) is 19.2. The maximum atomic E-state index is 3.69. The third-order valence-corrected chi connectivity index (χ3v) is 4.83. The van der Waals surface area contributed by atoms with Crippen molar-refractivity contribution < 1.29 is 0 Å². The summed E-state index contributed by atoms with van der Waals surface area (Å²) in [4.78, 5) is 0. The van der Waals surface area contributed by atoms with Crippen molar-refractivity contribution in [2.45, 2.75) is 65.2 Å². The molecule has 0 atom stereocenters. The van der Waals surface area contributed by atoms with Gasteiger partial charge in [0.15, 0.2) is 0 Å². The first kappa shape index (κ1) is 21.0. The van der Waals surface area contributed by atoms with Crippen LogP contribution in [0.15, 0.2) is 89.7 Å². The van der Waals surface area contributed by atoms with Gasteiger partial charge in [0.25, 0.3) is 0 Å². The van der Waals surface area contributed by atoms with Crippen LogP contribution in [0.1, 0.15) is 63.5 Å². The van der Waals surface area contributed by atoms with E-state index in [1.54, 1.807) is 0 Å². The molecule has 0 radical (unpaired) electrons. The molecule has 0 nitrogen and oxygen atoms in total. The molecule has 27 heavy (non-hydrogen) atoms. The average Bonchev–Trinajstić information content (AvgIpc) is 2.71. The molecule has 0 aromatic heterocycles. The first-order valence-corrected chi connectivity index (χ1v) is 10.5. The first-order valence-electron chi connectivity index (χ1n) is 10.5. The minimum Gasteiger partial charge on any atom is -0.119 e. The van der Waals surface area contributed by atoms with Crippen LogP contribution in [0.5, 0.6) is 0 Å². The summed E-state index contributed by atoms with van der Waals surface area (Å²) < 4.78 is 0. The van der Waals surface area contributed by atoms with E-state index >= 15 is 0 Å². The van der Waals surface area contributed by atoms with Crippen LogP contribution in [0, 0.1) is 0 Å². The molecule has 0 spiro atoms. The summed E-state index contributed by atoms with van der Waals surface area (Å²) >= 11 is 0. The predicted octanol–water partition coefficient (Wildman–Crippen LogP) is 7.86. The summed E-state index contributed by atoms with van der Waals surface area (Å²) in [6, 6.07) is 21.6. The maximum Gasteiger partial charge on any atom is -0.00950 e. The highest BCUT2D eigenvalue weighted by Gasteiger charge is 2.01. The van der Waals surface area contributed by atoms with Crippen molar-refractivity contribution in [1.82, 2.24) is 0 Å². The highest BCUT2D eigenvalue weighted by atomic mass is 14.1. The minimum atomic E-state index is 1.08. The number of hydrogen-bond donors (Lipinski definition) is 0. The van der Waals surface area contributed by atoms with E-state index in [0.29, 0.717) is 0 Å². The summed E-state index contributed by atoms with van der Waals surface area (Å²) in [7, 11) is 0. The summed E-state index contributed by atoms with van der Waals surface area (Å²) in [6.07, 6.45) is 14.0. The molecular formula is C27H34. The molecule has 2 aromatic carbocycles. The van der Waals surface area contributed by atoms with E-state index in [1.807, 2.05) is 0 Å². The second kappa shape index (κ2) is 13.0. The number of unbranched alkanes of at least 4 members (excludes halogenated alkanes) is 3. The fraction of sp³-hybridized carbons (Fsp3) is 0.370. The molecule has 0 aliphatic heterocycles. The molecule has 2 aromatic rings. The zero-order valence-electron chi connectivity index (χ0n) is 17.1. The Morgan fingerprint density at radius 2 is 1.37 bits per heavy atom. The predicted molar refractivity (Wildman–Crippen MR) is 119 cm³/mol. The van der Waals surface area contributed by atoms with Crippen molar-refractivity contribution in [1.29, 1.82) is 0 Å². The molecule has 0 unspecified atom stereocenters. The van der Waals surface area contributed by atoms with E-state index in [0.717, 1.165) is 25.7 Å². The number of hydrogen-bond acceptors (Lipinski definition) is 0. The average molecular weight is 359 g/mol. The standard InChI is InChI=1S/C27H34/c1-3-4-5-6-9-14-24(2)23-27(21-19-25-15-10-7-11-16-25)22-20-26-17-12-8-13-18-26/h7-18H,3-6,19-22H2,1-2H3/b14-9+. The molecular weight excluding hydrogens is 324 g/mol. The molecule has 142 valence electrons. The lowest BCUT2D eigenvalue weighted by molar-refractivity contribution is 0.729. The van der Waals surface area contributed by atoms with Crippen LogP contribution in [0.3, 0.4) is 0 Å². The quantitative estimate of drug-likeness (QED) is 0.218. The van der Waals surface area contributed by atoms with Gasteiger partial charge in [-0.05, 0) is 67.7 Å². The summed E-state index contributed by atoms with van der Waals surface area (Å²) in [6.45, 7) is 4.44. The topological polar surface area (TPSA) is 0 Å². The van der Waals surface area contributed by atoms with Gasteiger partial charge >= 0.3 is 0 Å². The van der Waals surface area contributed by atoms with E-state index in [-0.39, 0.29) is 0 Å². The number of allylic oxidation sites excluding steroid dienone is 3. The third-order valence-electron chi connectivity index (χ3n) is 4.83. The SMILES string of the molecule is CCCCC/C=C/C(C)=C=C(CCc1ccccc1)CCc1ccccc1. The molecule has 0 aliphatic carbocycles. The molecule has 0 aliphatic rings. The first-order chi connectivity index (χ1) is 13.3. The largest absolute Gasteiger partial charge is 0.119 e. The van der Waals surface area contributed by atoms with Crippen LogP contribution in [0.25, 0.3) is 0 Å². The van der Waals surface area contributed by atoms with Gasteiger partial charge < -0.3 is 0 Å². The molecule has 0 heterocycles. The molecule has 2 rings (SSSR count). The Labute approximate surface area is 166 Å². The number of benzene rings is 2. The van der Waals surface area contributed by atoms with Crippen LogP contribution in [-0.4, -0.2) is 0 Å². The van der Waals surface area contributed by atoms with E-state index in [1.165, 1.54) is 48.0 Å². The van der Waals surface area contributed by atoms with Gasteiger partial charge in [0.2, 0.25) is 0 Å². The third kappa shape index (κ3) is 9.27. The Kier molecular flexibility index (Phi) is 10.1. The van der Waals surface area contributed by atoms with Crippen molar-refractivity contribution in [3.05, 3.63) is 101 Å². The van der Waals surface area contributed by atoms with Crippen molar-refractivity contribution in [3.8, 4) is 0 Å². The van der Waals surface area contributed by atoms with Gasteiger partial charge in [0.05, 0.1) is 0 Å². The summed E-state index contributed by atoms with van der Waals surface area (Å²) in [5.41, 5.74) is 9.19. The Morgan fingerprint density at radius 1 is 0.815 bits per heavy atom. The molecule has 0 saturated heterocycles. The van der Waals surface area contributed by atoms with Crippen LogP contribution in [0.4, 0.5) is 0 Å². The van der Waals surface area contributed by atoms with Crippen LogP contribution < -0.4 is 0 Å². The van der Waals surface area contributed by atoms with Crippen LogP contribution in [0.2, 0.25) is 0 Å². The Balaban J connectivity index is 2.03. The summed E-state index contributed by atoms with van der Waals surface area (Å²) in [5.74, 6) is 0. The summed E-state index contributed by atoms with van der Waals surface area (Å²) in [5, 5.41) is 0. The molecule has 0 saturated carbocycles. The lowest BCUT2D eigenvalue weighted by Gasteiger charge is -2.07. The van der Waals surface area contributed by atoms with E-state index in [4.69, 9.17) is 0 Å². The molecule has 0 heteroatoms. The van der Waals surface area contributed by atoms with E-state index in [2.05, 4.69) is 92.4 Å². The Hall–Kier alpha value is -2.30. The van der Waals surface area contributed by atoms with Crippen molar-refractivity contribution >= 4 is 0 Å². The van der Waals surface area contributed by atoms with E-state index < -0.39 is 0 Å². The lowest BCUT2D eigenvalue weighted by atomic mass is 9.98. The van der Waals surface area contributed by atoms with Crippen molar-refractivity contribution in [2.75, 3.05) is 0 Å². The number of rotatable bonds is 11. The van der Waals surface area contributed by atoms with Crippen LogP contribution in [-0.2, 0) is 12.8 Å².